The van der Waals surface area contributed by atoms with E-state index < -0.39 is 24.0 Å². The first-order valence-corrected chi connectivity index (χ1v) is 4.73. The molecule has 17 heavy (non-hydrogen) atoms. The van der Waals surface area contributed by atoms with Gasteiger partial charge in [0.15, 0.2) is 0 Å². The third-order valence-electron chi connectivity index (χ3n) is 2.35. The van der Waals surface area contributed by atoms with Gasteiger partial charge < -0.3 is 9.52 Å². The van der Waals surface area contributed by atoms with Crippen molar-refractivity contribution in [3.63, 3.8) is 0 Å². The number of hydrogen-bond acceptors (Lipinski definition) is 5. The van der Waals surface area contributed by atoms with E-state index in [1.807, 2.05) is 0 Å². The number of aliphatic hydroxyl groups excluding tert-OH is 1. The molecular weight excluding hydrogens is 243 g/mol. The Morgan fingerprint density at radius 1 is 1.47 bits per heavy atom. The first-order chi connectivity index (χ1) is 7.91. The summed E-state index contributed by atoms with van der Waals surface area (Å²) in [5.41, 5.74) is 0. The van der Waals surface area contributed by atoms with E-state index in [-0.39, 0.29) is 25.5 Å². The highest BCUT2D eigenvalue weighted by Crippen LogP contribution is 2.31. The van der Waals surface area contributed by atoms with Crippen molar-refractivity contribution in [2.75, 3.05) is 18.1 Å². The van der Waals surface area contributed by atoms with Gasteiger partial charge in [-0.05, 0) is 0 Å². The Kier molecular flexibility index (Phi) is 2.77. The molecule has 1 aliphatic rings. The maximum atomic E-state index is 12.2. The summed E-state index contributed by atoms with van der Waals surface area (Å²) in [6, 6.07) is -0.488. The third kappa shape index (κ3) is 2.23. The van der Waals surface area contributed by atoms with Gasteiger partial charge in [0.2, 0.25) is 5.91 Å². The van der Waals surface area contributed by atoms with Crippen molar-refractivity contribution in [3.8, 4) is 0 Å². The van der Waals surface area contributed by atoms with Crippen molar-refractivity contribution in [1.29, 1.82) is 0 Å². The third-order valence-corrected chi connectivity index (χ3v) is 2.35. The molecule has 2 rings (SSSR count). The number of carbonyl (C=O) groups excluding carboxylic acids is 1. The van der Waals surface area contributed by atoms with E-state index in [0.717, 1.165) is 4.90 Å². The van der Waals surface area contributed by atoms with Crippen LogP contribution in [0.15, 0.2) is 4.42 Å². The number of hydrogen-bond donors (Lipinski definition) is 1. The molecule has 1 fully saturated rings. The SMILES string of the molecule is O=C1CC(CO)CN1c1nnc(C(F)(F)F)o1. The van der Waals surface area contributed by atoms with Crippen LogP contribution in [0, 0.1) is 5.92 Å². The molecule has 0 bridgehead atoms. The molecule has 6 nitrogen and oxygen atoms in total. The van der Waals surface area contributed by atoms with Gasteiger partial charge in [-0.2, -0.15) is 13.2 Å². The molecular formula is C8H8F3N3O3. The zero-order valence-corrected chi connectivity index (χ0v) is 8.44. The van der Waals surface area contributed by atoms with Gasteiger partial charge in [0, 0.05) is 25.5 Å². The summed E-state index contributed by atoms with van der Waals surface area (Å²) in [7, 11) is 0. The average Bonchev–Trinajstić information content (AvgIpc) is 2.82. The first kappa shape index (κ1) is 11.8. The molecule has 0 aliphatic carbocycles. The van der Waals surface area contributed by atoms with Gasteiger partial charge in [0.25, 0.3) is 0 Å². The highest BCUT2D eigenvalue weighted by atomic mass is 19.4. The largest absolute Gasteiger partial charge is 0.470 e. The molecule has 9 heteroatoms. The molecule has 1 aliphatic heterocycles. The molecule has 1 aromatic heterocycles. The zero-order valence-electron chi connectivity index (χ0n) is 8.44. The number of rotatable bonds is 2. The van der Waals surface area contributed by atoms with E-state index >= 15 is 0 Å². The van der Waals surface area contributed by atoms with Crippen LogP contribution in [-0.2, 0) is 11.0 Å². The van der Waals surface area contributed by atoms with Crippen LogP contribution in [0.5, 0.6) is 0 Å². The van der Waals surface area contributed by atoms with Crippen LogP contribution in [0.4, 0.5) is 19.2 Å². The summed E-state index contributed by atoms with van der Waals surface area (Å²) in [5, 5.41) is 14.8. The quantitative estimate of drug-likeness (QED) is 0.824. The normalized spacial score (nSPS) is 21.3. The predicted molar refractivity (Wildman–Crippen MR) is 46.8 cm³/mol. The molecule has 1 amide bonds. The van der Waals surface area contributed by atoms with Gasteiger partial charge in [-0.25, -0.2) is 0 Å². The van der Waals surface area contributed by atoms with Crippen LogP contribution in [0.1, 0.15) is 12.3 Å². The van der Waals surface area contributed by atoms with E-state index in [1.54, 1.807) is 0 Å². The Morgan fingerprint density at radius 3 is 2.65 bits per heavy atom. The van der Waals surface area contributed by atoms with E-state index in [1.165, 1.54) is 0 Å². The minimum absolute atomic E-state index is 0.0558. The molecule has 1 N–H and O–H groups in total. The summed E-state index contributed by atoms with van der Waals surface area (Å²) in [5.74, 6) is -2.25. The van der Waals surface area contributed by atoms with E-state index in [0.29, 0.717) is 0 Å². The van der Waals surface area contributed by atoms with Gasteiger partial charge >= 0.3 is 18.1 Å². The number of alkyl halides is 3. The van der Waals surface area contributed by atoms with E-state index in [9.17, 15) is 18.0 Å². The Hall–Kier alpha value is -1.64. The van der Waals surface area contributed by atoms with Gasteiger partial charge in [-0.3, -0.25) is 9.69 Å². The highest BCUT2D eigenvalue weighted by Gasteiger charge is 2.40. The van der Waals surface area contributed by atoms with Crippen LogP contribution in [0.25, 0.3) is 0 Å². The minimum atomic E-state index is -4.73. The predicted octanol–water partition coefficient (Wildman–Crippen LogP) is 0.434. The van der Waals surface area contributed by atoms with Gasteiger partial charge in [0.1, 0.15) is 0 Å². The van der Waals surface area contributed by atoms with Crippen LogP contribution in [0.3, 0.4) is 0 Å². The van der Waals surface area contributed by atoms with Crippen molar-refractivity contribution in [1.82, 2.24) is 10.2 Å². The standard InChI is InChI=1S/C8H8F3N3O3/c9-8(10,11)6-12-13-7(17-6)14-2-4(3-15)1-5(14)16/h4,15H,1-3H2. The second-order valence-corrected chi connectivity index (χ2v) is 3.64. The van der Waals surface area contributed by atoms with Crippen molar-refractivity contribution < 1.29 is 27.5 Å². The van der Waals surface area contributed by atoms with Crippen molar-refractivity contribution in [2.45, 2.75) is 12.6 Å². The Balaban J connectivity index is 2.19. The van der Waals surface area contributed by atoms with Crippen molar-refractivity contribution in [3.05, 3.63) is 5.89 Å². The number of anilines is 1. The van der Waals surface area contributed by atoms with E-state index in [2.05, 4.69) is 14.6 Å². The Bertz CT molecular complexity index is 431. The van der Waals surface area contributed by atoms with Gasteiger partial charge in [-0.1, -0.05) is 5.10 Å². The molecule has 0 radical (unpaired) electrons. The lowest BCUT2D eigenvalue weighted by Crippen LogP contribution is -2.25. The van der Waals surface area contributed by atoms with Crippen LogP contribution in [-0.4, -0.2) is 34.4 Å². The molecule has 1 unspecified atom stereocenters. The number of aliphatic hydroxyl groups is 1. The lowest BCUT2D eigenvalue weighted by Gasteiger charge is -2.09. The maximum absolute atomic E-state index is 12.2. The topological polar surface area (TPSA) is 79.5 Å². The smallest absolute Gasteiger partial charge is 0.399 e. The Morgan fingerprint density at radius 2 is 2.18 bits per heavy atom. The fraction of sp³-hybridized carbons (Fsp3) is 0.625. The first-order valence-electron chi connectivity index (χ1n) is 4.73. The minimum Gasteiger partial charge on any atom is -0.399 e. The fourth-order valence-corrected chi connectivity index (χ4v) is 1.53. The molecule has 0 spiro atoms. The number of aromatic nitrogens is 2. The van der Waals surface area contributed by atoms with Gasteiger partial charge in [0.05, 0.1) is 0 Å². The summed E-state index contributed by atoms with van der Waals surface area (Å²) >= 11 is 0. The summed E-state index contributed by atoms with van der Waals surface area (Å²) in [4.78, 5) is 12.4. The summed E-state index contributed by atoms with van der Waals surface area (Å²) < 4.78 is 40.9. The van der Waals surface area contributed by atoms with Crippen molar-refractivity contribution in [2.24, 2.45) is 5.92 Å². The maximum Gasteiger partial charge on any atom is 0.470 e. The lowest BCUT2D eigenvalue weighted by molar-refractivity contribution is -0.157. The second kappa shape index (κ2) is 3.99. The summed E-state index contributed by atoms with van der Waals surface area (Å²) in [6.07, 6.45) is -4.68. The second-order valence-electron chi connectivity index (χ2n) is 3.64. The van der Waals surface area contributed by atoms with Crippen LogP contribution < -0.4 is 4.90 Å². The van der Waals surface area contributed by atoms with Crippen LogP contribution >= 0.6 is 0 Å². The number of amides is 1. The molecule has 1 saturated heterocycles. The number of nitrogens with zero attached hydrogens (tertiary/aromatic N) is 3. The number of carbonyl (C=O) groups is 1. The molecule has 1 atom stereocenters. The zero-order chi connectivity index (χ0) is 12.6. The molecule has 0 aromatic carbocycles. The molecule has 94 valence electrons. The number of halogens is 3. The van der Waals surface area contributed by atoms with E-state index in [4.69, 9.17) is 5.11 Å². The Labute approximate surface area is 93.0 Å². The van der Waals surface area contributed by atoms with Gasteiger partial charge in [-0.15, -0.1) is 5.10 Å². The lowest BCUT2D eigenvalue weighted by atomic mass is 10.1. The van der Waals surface area contributed by atoms with Crippen LogP contribution in [0.2, 0.25) is 0 Å². The monoisotopic (exact) mass is 251 g/mol. The average molecular weight is 251 g/mol. The highest BCUT2D eigenvalue weighted by molar-refractivity contribution is 5.93. The fourth-order valence-electron chi connectivity index (χ4n) is 1.53. The molecule has 1 aromatic rings. The molecule has 2 heterocycles. The van der Waals surface area contributed by atoms with Crippen molar-refractivity contribution >= 4 is 11.9 Å². The molecule has 0 saturated carbocycles. The summed E-state index contributed by atoms with van der Waals surface area (Å²) in [6.45, 7) is -0.142.